The highest BCUT2D eigenvalue weighted by Crippen LogP contribution is 2.58. The minimum absolute atomic E-state index is 0.0261. The summed E-state index contributed by atoms with van der Waals surface area (Å²) in [5, 5.41) is 10.0. The molecule has 3 fully saturated rings. The zero-order chi connectivity index (χ0) is 23.8. The van der Waals surface area contributed by atoms with Gasteiger partial charge in [-0.05, 0) is 25.0 Å². The number of β-amino-alcohol motifs (C(OH)–C–C–N with tert-alkyl or cyclic N) is 1. The standard InChI is InChI=1S/C24H27ClN2O6/c1-3-11-26(16-8-6-5-7-15(16)25)22(30)20-24-10-9-17(33-24)18(23(31)32-14-4-2)19(24)21(29)27(20)12-13-28/h3-8,17-20,28H,1-2,9-14H2/t17-,18+,19-,20?,24?/m0/s1. The lowest BCUT2D eigenvalue weighted by molar-refractivity contribution is -0.154. The second kappa shape index (κ2) is 9.29. The van der Waals surface area contributed by atoms with Gasteiger partial charge in [0.2, 0.25) is 5.91 Å². The topological polar surface area (TPSA) is 96.4 Å². The summed E-state index contributed by atoms with van der Waals surface area (Å²) in [6, 6.07) is 5.90. The molecule has 3 saturated heterocycles. The van der Waals surface area contributed by atoms with Gasteiger partial charge in [0.25, 0.3) is 5.91 Å². The summed E-state index contributed by atoms with van der Waals surface area (Å²) < 4.78 is 11.6. The number of hydrogen-bond donors (Lipinski definition) is 1. The SMILES string of the molecule is C=CCOC(=O)[C@@H]1[C@@H]2CCC3(O2)C(C(=O)N(CC=C)c2ccccc2Cl)N(CCO)C(=O)[C@H]13. The van der Waals surface area contributed by atoms with Crippen LogP contribution in [0.25, 0.3) is 0 Å². The van der Waals surface area contributed by atoms with E-state index in [0.29, 0.717) is 23.6 Å². The van der Waals surface area contributed by atoms with Gasteiger partial charge in [-0.1, -0.05) is 42.5 Å². The molecule has 0 aliphatic carbocycles. The van der Waals surface area contributed by atoms with E-state index >= 15 is 0 Å². The number of carbonyl (C=O) groups excluding carboxylic acids is 3. The van der Waals surface area contributed by atoms with E-state index in [2.05, 4.69) is 13.2 Å². The van der Waals surface area contributed by atoms with Gasteiger partial charge < -0.3 is 24.4 Å². The number of rotatable bonds is 9. The van der Waals surface area contributed by atoms with Crippen LogP contribution in [0.3, 0.4) is 0 Å². The van der Waals surface area contributed by atoms with E-state index in [9.17, 15) is 19.5 Å². The Hall–Kier alpha value is -2.68. The van der Waals surface area contributed by atoms with Crippen LogP contribution in [-0.2, 0) is 23.9 Å². The predicted octanol–water partition coefficient (Wildman–Crippen LogP) is 1.96. The molecule has 0 radical (unpaired) electrons. The zero-order valence-electron chi connectivity index (χ0n) is 18.2. The van der Waals surface area contributed by atoms with Crippen molar-refractivity contribution in [3.8, 4) is 0 Å². The predicted molar refractivity (Wildman–Crippen MR) is 122 cm³/mol. The molecule has 0 saturated carbocycles. The molecule has 3 aliphatic heterocycles. The van der Waals surface area contributed by atoms with Crippen LogP contribution in [0.4, 0.5) is 5.69 Å². The van der Waals surface area contributed by atoms with E-state index in [4.69, 9.17) is 21.1 Å². The van der Waals surface area contributed by atoms with Gasteiger partial charge >= 0.3 is 5.97 Å². The number of carbonyl (C=O) groups is 3. The molecule has 3 aliphatic rings. The van der Waals surface area contributed by atoms with Crippen molar-refractivity contribution in [3.63, 3.8) is 0 Å². The third-order valence-corrected chi connectivity index (χ3v) is 7.03. The summed E-state index contributed by atoms with van der Waals surface area (Å²) in [5.41, 5.74) is -0.693. The molecule has 1 spiro atoms. The Bertz CT molecular complexity index is 983. The first kappa shape index (κ1) is 23.5. The van der Waals surface area contributed by atoms with Gasteiger partial charge in [-0.25, -0.2) is 0 Å². The van der Waals surface area contributed by atoms with E-state index < -0.39 is 41.5 Å². The number of para-hydroxylation sites is 1. The second-order valence-electron chi connectivity index (χ2n) is 8.42. The number of anilines is 1. The van der Waals surface area contributed by atoms with Crippen molar-refractivity contribution in [2.75, 3.05) is 31.2 Å². The smallest absolute Gasteiger partial charge is 0.312 e. The van der Waals surface area contributed by atoms with Crippen LogP contribution in [-0.4, -0.2) is 71.8 Å². The van der Waals surface area contributed by atoms with Crippen LogP contribution in [0.1, 0.15) is 12.8 Å². The molecular formula is C24H27ClN2O6. The van der Waals surface area contributed by atoms with Crippen LogP contribution in [0.15, 0.2) is 49.6 Å². The molecule has 1 aromatic carbocycles. The van der Waals surface area contributed by atoms with E-state index in [1.165, 1.54) is 15.9 Å². The number of aliphatic hydroxyl groups is 1. The molecule has 33 heavy (non-hydrogen) atoms. The molecule has 8 nitrogen and oxygen atoms in total. The molecule has 3 heterocycles. The van der Waals surface area contributed by atoms with Gasteiger partial charge in [0.15, 0.2) is 0 Å². The van der Waals surface area contributed by atoms with Crippen LogP contribution in [0.5, 0.6) is 0 Å². The molecule has 2 unspecified atom stereocenters. The number of amides is 2. The van der Waals surface area contributed by atoms with Crippen molar-refractivity contribution < 1.29 is 29.0 Å². The number of nitrogens with zero attached hydrogens (tertiary/aromatic N) is 2. The highest BCUT2D eigenvalue weighted by Gasteiger charge is 2.75. The van der Waals surface area contributed by atoms with Crippen LogP contribution >= 0.6 is 11.6 Å². The normalized spacial score (nSPS) is 29.6. The largest absolute Gasteiger partial charge is 0.461 e. The van der Waals surface area contributed by atoms with Gasteiger partial charge in [0.1, 0.15) is 18.2 Å². The zero-order valence-corrected chi connectivity index (χ0v) is 18.9. The number of halogens is 1. The van der Waals surface area contributed by atoms with E-state index in [-0.39, 0.29) is 32.2 Å². The highest BCUT2D eigenvalue weighted by molar-refractivity contribution is 6.34. The fourth-order valence-electron chi connectivity index (χ4n) is 5.54. The number of esters is 1. The maximum absolute atomic E-state index is 14.0. The average molecular weight is 475 g/mol. The number of ether oxygens (including phenoxy) is 2. The first-order chi connectivity index (χ1) is 15.9. The Morgan fingerprint density at radius 3 is 2.76 bits per heavy atom. The molecule has 9 heteroatoms. The number of fused-ring (bicyclic) bond motifs is 1. The minimum Gasteiger partial charge on any atom is -0.461 e. The lowest BCUT2D eigenvalue weighted by atomic mass is 9.70. The lowest BCUT2D eigenvalue weighted by Gasteiger charge is -2.36. The van der Waals surface area contributed by atoms with Gasteiger partial charge in [-0.3, -0.25) is 14.4 Å². The third-order valence-electron chi connectivity index (χ3n) is 6.71. The Balaban J connectivity index is 1.75. The van der Waals surface area contributed by atoms with Crippen molar-refractivity contribution in [2.45, 2.75) is 30.6 Å². The number of benzene rings is 1. The fraction of sp³-hybridized carbons (Fsp3) is 0.458. The Morgan fingerprint density at radius 2 is 2.09 bits per heavy atom. The van der Waals surface area contributed by atoms with Crippen molar-refractivity contribution >= 4 is 35.1 Å². The fourth-order valence-corrected chi connectivity index (χ4v) is 5.78. The van der Waals surface area contributed by atoms with Crippen LogP contribution in [0, 0.1) is 11.8 Å². The van der Waals surface area contributed by atoms with E-state index in [0.717, 1.165) is 0 Å². The van der Waals surface area contributed by atoms with Crippen molar-refractivity contribution in [2.24, 2.45) is 11.8 Å². The monoisotopic (exact) mass is 474 g/mol. The molecule has 176 valence electrons. The van der Waals surface area contributed by atoms with Gasteiger partial charge in [0, 0.05) is 13.1 Å². The minimum atomic E-state index is -1.17. The quantitative estimate of drug-likeness (QED) is 0.434. The number of aliphatic hydroxyl groups excluding tert-OH is 1. The van der Waals surface area contributed by atoms with Crippen molar-refractivity contribution in [3.05, 3.63) is 54.6 Å². The lowest BCUT2D eigenvalue weighted by Crippen LogP contribution is -2.57. The van der Waals surface area contributed by atoms with Crippen LogP contribution < -0.4 is 4.90 Å². The molecule has 1 N–H and O–H groups in total. The maximum atomic E-state index is 14.0. The molecule has 2 amide bonds. The first-order valence-corrected chi connectivity index (χ1v) is 11.3. The Kier molecular flexibility index (Phi) is 6.61. The van der Waals surface area contributed by atoms with Crippen molar-refractivity contribution in [1.29, 1.82) is 0 Å². The van der Waals surface area contributed by atoms with E-state index in [1.54, 1.807) is 30.3 Å². The van der Waals surface area contributed by atoms with Gasteiger partial charge in [-0.15, -0.1) is 6.58 Å². The molecular weight excluding hydrogens is 448 g/mol. The summed E-state index contributed by atoms with van der Waals surface area (Å²) in [5.74, 6) is -2.98. The third kappa shape index (κ3) is 3.66. The molecule has 2 bridgehead atoms. The summed E-state index contributed by atoms with van der Waals surface area (Å²) in [6.45, 7) is 7.10. The van der Waals surface area contributed by atoms with Crippen LogP contribution in [0.2, 0.25) is 5.02 Å². The molecule has 4 rings (SSSR count). The summed E-state index contributed by atoms with van der Waals surface area (Å²) in [7, 11) is 0. The van der Waals surface area contributed by atoms with Gasteiger partial charge in [-0.2, -0.15) is 0 Å². The number of hydrogen-bond acceptors (Lipinski definition) is 6. The second-order valence-corrected chi connectivity index (χ2v) is 8.83. The highest BCUT2D eigenvalue weighted by atomic mass is 35.5. The Labute approximate surface area is 197 Å². The van der Waals surface area contributed by atoms with E-state index in [1.807, 2.05) is 0 Å². The first-order valence-electron chi connectivity index (χ1n) is 10.9. The summed E-state index contributed by atoms with van der Waals surface area (Å²) in [6.07, 6.45) is 3.51. The molecule has 1 aromatic rings. The Morgan fingerprint density at radius 1 is 1.33 bits per heavy atom. The number of likely N-dealkylation sites (tertiary alicyclic amines) is 1. The molecule has 0 aromatic heterocycles. The summed E-state index contributed by atoms with van der Waals surface area (Å²) >= 11 is 6.38. The molecule has 5 atom stereocenters. The van der Waals surface area contributed by atoms with Gasteiger partial charge in [0.05, 0.1) is 35.3 Å². The average Bonchev–Trinajstić information content (AvgIpc) is 3.44. The maximum Gasteiger partial charge on any atom is 0.312 e. The van der Waals surface area contributed by atoms with Crippen molar-refractivity contribution in [1.82, 2.24) is 4.90 Å². The summed E-state index contributed by atoms with van der Waals surface area (Å²) in [4.78, 5) is 43.2.